The predicted octanol–water partition coefficient (Wildman–Crippen LogP) is 4.27. The molecule has 0 aliphatic heterocycles. The van der Waals surface area contributed by atoms with Crippen LogP contribution in [0.15, 0.2) is 63.8 Å². The Morgan fingerprint density at radius 1 is 1.03 bits per heavy atom. The molecule has 1 aliphatic carbocycles. The van der Waals surface area contributed by atoms with Gasteiger partial charge in [-0.1, -0.05) is 36.4 Å². The van der Waals surface area contributed by atoms with Crippen LogP contribution in [0.25, 0.3) is 11.0 Å². The summed E-state index contributed by atoms with van der Waals surface area (Å²) < 4.78 is 11.7. The Bertz CT molecular complexity index is 1330. The molecular weight excluding hydrogens is 392 g/mol. The summed E-state index contributed by atoms with van der Waals surface area (Å²) in [5, 5.41) is 10.3. The highest BCUT2D eigenvalue weighted by molar-refractivity contribution is 5.82. The first-order valence-corrected chi connectivity index (χ1v) is 10.3. The van der Waals surface area contributed by atoms with E-state index in [0.717, 1.165) is 16.8 Å². The smallest absolute Gasteiger partial charge is 0.219 e. The number of fused-ring (bicyclic) bond motifs is 2. The summed E-state index contributed by atoms with van der Waals surface area (Å²) in [6.45, 7) is 1.85. The van der Waals surface area contributed by atoms with Gasteiger partial charge in [-0.25, -0.2) is 4.98 Å². The molecule has 2 atom stereocenters. The first kappa shape index (κ1) is 19.3. The third kappa shape index (κ3) is 3.34. The van der Waals surface area contributed by atoms with Crippen molar-refractivity contribution < 1.29 is 14.3 Å². The summed E-state index contributed by atoms with van der Waals surface area (Å²) in [5.74, 6) is 1.75. The minimum Gasteiger partial charge on any atom is -0.507 e. The van der Waals surface area contributed by atoms with Gasteiger partial charge in [-0.2, -0.15) is 4.98 Å². The number of methoxy groups -OCH3 is 1. The molecule has 0 amide bonds. The minimum absolute atomic E-state index is 0.0619. The number of rotatable bonds is 3. The number of phenols is 1. The van der Waals surface area contributed by atoms with Crippen LogP contribution in [-0.2, 0) is 12.8 Å². The SMILES string of the molecule is COc1nc(C)nc2c1CC(c1ccccc1)C(c1cc(=O)c3c(O)cccc3o1)C2. The summed E-state index contributed by atoms with van der Waals surface area (Å²) in [7, 11) is 1.63. The lowest BCUT2D eigenvalue weighted by Gasteiger charge is -2.33. The lowest BCUT2D eigenvalue weighted by Crippen LogP contribution is -2.25. The fourth-order valence-electron chi connectivity index (χ4n) is 4.62. The standard InChI is InChI=1S/C25H22N2O4/c1-14-26-19-12-17(23-13-21(29)24-20(28)9-6-10-22(24)31-23)16(15-7-4-3-5-8-15)11-18(19)25(27-14)30-2/h3-10,13,16-17,28H,11-12H2,1-2H3. The quantitative estimate of drug-likeness (QED) is 0.539. The second-order valence-electron chi connectivity index (χ2n) is 7.90. The molecule has 0 saturated carbocycles. The Hall–Kier alpha value is -3.67. The fraction of sp³-hybridized carbons (Fsp3) is 0.240. The molecule has 0 fully saturated rings. The van der Waals surface area contributed by atoms with Crippen LogP contribution in [0.1, 0.15) is 40.2 Å². The number of benzene rings is 2. The molecule has 0 spiro atoms. The van der Waals surface area contributed by atoms with E-state index in [9.17, 15) is 9.90 Å². The molecule has 2 heterocycles. The van der Waals surface area contributed by atoms with Crippen LogP contribution >= 0.6 is 0 Å². The molecule has 5 rings (SSSR count). The van der Waals surface area contributed by atoms with Gasteiger partial charge in [0.15, 0.2) is 5.43 Å². The van der Waals surface area contributed by atoms with Crippen LogP contribution in [0.4, 0.5) is 0 Å². The van der Waals surface area contributed by atoms with Gasteiger partial charge in [0, 0.05) is 24.0 Å². The van der Waals surface area contributed by atoms with Crippen molar-refractivity contribution in [1.29, 1.82) is 0 Å². The maximum Gasteiger partial charge on any atom is 0.219 e. The lowest BCUT2D eigenvalue weighted by molar-refractivity contribution is 0.364. The highest BCUT2D eigenvalue weighted by Crippen LogP contribution is 2.44. The van der Waals surface area contributed by atoms with E-state index < -0.39 is 0 Å². The molecule has 2 aromatic heterocycles. The second-order valence-corrected chi connectivity index (χ2v) is 7.90. The first-order valence-electron chi connectivity index (χ1n) is 10.3. The maximum absolute atomic E-state index is 12.8. The van der Waals surface area contributed by atoms with E-state index in [4.69, 9.17) is 9.15 Å². The van der Waals surface area contributed by atoms with Crippen molar-refractivity contribution >= 4 is 11.0 Å². The van der Waals surface area contributed by atoms with E-state index in [1.165, 1.54) is 12.1 Å². The van der Waals surface area contributed by atoms with Crippen LogP contribution in [0.5, 0.6) is 11.6 Å². The summed E-state index contributed by atoms with van der Waals surface area (Å²) in [4.78, 5) is 22.0. The number of nitrogens with zero attached hydrogens (tertiary/aromatic N) is 2. The molecule has 1 N–H and O–H groups in total. The Morgan fingerprint density at radius 2 is 1.84 bits per heavy atom. The van der Waals surface area contributed by atoms with Crippen LogP contribution in [-0.4, -0.2) is 22.2 Å². The number of hydrogen-bond donors (Lipinski definition) is 1. The number of phenolic OH excluding ortho intramolecular Hbond substituents is 1. The molecule has 0 saturated heterocycles. The molecule has 0 radical (unpaired) electrons. The van der Waals surface area contributed by atoms with Crippen molar-refractivity contribution in [2.75, 3.05) is 7.11 Å². The van der Waals surface area contributed by atoms with Gasteiger partial charge in [-0.05, 0) is 37.0 Å². The van der Waals surface area contributed by atoms with E-state index in [0.29, 0.717) is 35.9 Å². The Balaban J connectivity index is 1.70. The zero-order chi connectivity index (χ0) is 21.5. The number of ether oxygens (including phenoxy) is 1. The molecule has 1 aliphatic rings. The van der Waals surface area contributed by atoms with Gasteiger partial charge in [-0.15, -0.1) is 0 Å². The van der Waals surface area contributed by atoms with E-state index in [-0.39, 0.29) is 28.4 Å². The third-order valence-electron chi connectivity index (χ3n) is 6.03. The number of hydrogen-bond acceptors (Lipinski definition) is 6. The molecule has 6 heteroatoms. The average molecular weight is 414 g/mol. The van der Waals surface area contributed by atoms with E-state index in [2.05, 4.69) is 22.1 Å². The molecular formula is C25H22N2O4. The van der Waals surface area contributed by atoms with E-state index >= 15 is 0 Å². The Morgan fingerprint density at radius 3 is 2.61 bits per heavy atom. The third-order valence-corrected chi connectivity index (χ3v) is 6.03. The van der Waals surface area contributed by atoms with Gasteiger partial charge in [0.2, 0.25) is 5.88 Å². The van der Waals surface area contributed by atoms with Crippen LogP contribution in [0.2, 0.25) is 0 Å². The minimum atomic E-state index is -0.247. The molecule has 156 valence electrons. The van der Waals surface area contributed by atoms with Gasteiger partial charge >= 0.3 is 0 Å². The number of aromatic nitrogens is 2. The van der Waals surface area contributed by atoms with Crippen molar-refractivity contribution in [2.24, 2.45) is 0 Å². The topological polar surface area (TPSA) is 85.5 Å². The van der Waals surface area contributed by atoms with Crippen LogP contribution in [0.3, 0.4) is 0 Å². The first-order chi connectivity index (χ1) is 15.0. The van der Waals surface area contributed by atoms with Crippen LogP contribution < -0.4 is 10.2 Å². The number of aryl methyl sites for hydroxylation is 1. The molecule has 6 nitrogen and oxygen atoms in total. The average Bonchev–Trinajstić information content (AvgIpc) is 2.78. The zero-order valence-electron chi connectivity index (χ0n) is 17.3. The summed E-state index contributed by atoms with van der Waals surface area (Å²) in [5.41, 5.74) is 3.21. The molecule has 31 heavy (non-hydrogen) atoms. The molecule has 4 aromatic rings. The van der Waals surface area contributed by atoms with E-state index in [1.807, 2.05) is 25.1 Å². The summed E-state index contributed by atoms with van der Waals surface area (Å²) in [6, 6.07) is 16.6. The second kappa shape index (κ2) is 7.54. The van der Waals surface area contributed by atoms with Gasteiger partial charge in [0.25, 0.3) is 0 Å². The number of aromatic hydroxyl groups is 1. The fourth-order valence-corrected chi connectivity index (χ4v) is 4.62. The normalized spacial score (nSPS) is 18.0. The van der Waals surface area contributed by atoms with Crippen molar-refractivity contribution in [3.8, 4) is 11.6 Å². The highest BCUT2D eigenvalue weighted by atomic mass is 16.5. The zero-order valence-corrected chi connectivity index (χ0v) is 17.3. The molecule has 2 aromatic carbocycles. The van der Waals surface area contributed by atoms with Gasteiger partial charge in [0.1, 0.15) is 28.3 Å². The van der Waals surface area contributed by atoms with E-state index in [1.54, 1.807) is 19.2 Å². The molecule has 0 bridgehead atoms. The highest BCUT2D eigenvalue weighted by Gasteiger charge is 2.36. The van der Waals surface area contributed by atoms with Gasteiger partial charge < -0.3 is 14.3 Å². The van der Waals surface area contributed by atoms with Crippen molar-refractivity contribution in [2.45, 2.75) is 31.6 Å². The lowest BCUT2D eigenvalue weighted by atomic mass is 9.73. The predicted molar refractivity (Wildman–Crippen MR) is 117 cm³/mol. The van der Waals surface area contributed by atoms with Gasteiger partial charge in [0.05, 0.1) is 12.8 Å². The maximum atomic E-state index is 12.8. The summed E-state index contributed by atoms with van der Waals surface area (Å²) >= 11 is 0. The van der Waals surface area contributed by atoms with Gasteiger partial charge in [-0.3, -0.25) is 4.79 Å². The van der Waals surface area contributed by atoms with Crippen molar-refractivity contribution in [3.63, 3.8) is 0 Å². The Labute approximate surface area is 179 Å². The van der Waals surface area contributed by atoms with Crippen molar-refractivity contribution in [3.05, 3.63) is 93.2 Å². The Kier molecular flexibility index (Phi) is 4.70. The summed E-state index contributed by atoms with van der Waals surface area (Å²) in [6.07, 6.45) is 1.27. The van der Waals surface area contributed by atoms with Crippen LogP contribution in [0, 0.1) is 6.92 Å². The molecule has 2 unspecified atom stereocenters. The monoisotopic (exact) mass is 414 g/mol. The largest absolute Gasteiger partial charge is 0.507 e. The van der Waals surface area contributed by atoms with Crippen molar-refractivity contribution in [1.82, 2.24) is 9.97 Å².